The van der Waals surface area contributed by atoms with Gasteiger partial charge in [-0.1, -0.05) is 18.0 Å². The van der Waals surface area contributed by atoms with E-state index in [0.717, 1.165) is 53.5 Å². The van der Waals surface area contributed by atoms with Crippen molar-refractivity contribution in [1.82, 2.24) is 9.78 Å². The highest BCUT2D eigenvalue weighted by Gasteiger charge is 2.24. The lowest BCUT2D eigenvalue weighted by Crippen LogP contribution is -2.04. The summed E-state index contributed by atoms with van der Waals surface area (Å²) >= 11 is 9.46. The van der Waals surface area contributed by atoms with Crippen molar-refractivity contribution in [2.75, 3.05) is 0 Å². The Hall–Kier alpha value is -1.33. The summed E-state index contributed by atoms with van der Waals surface area (Å²) in [5, 5.41) is 14.4. The van der Waals surface area contributed by atoms with E-state index in [-0.39, 0.29) is 5.69 Å². The summed E-state index contributed by atoms with van der Waals surface area (Å²) < 4.78 is 2.56. The molecule has 0 saturated carbocycles. The maximum Gasteiger partial charge on any atom is 0.356 e. The van der Waals surface area contributed by atoms with Crippen LogP contribution in [0.4, 0.5) is 0 Å². The highest BCUT2D eigenvalue weighted by molar-refractivity contribution is 9.10. The molecule has 0 radical (unpaired) electrons. The monoisotopic (exact) mass is 368 g/mol. The Labute approximate surface area is 135 Å². The number of carboxylic acids is 1. The molecule has 0 aliphatic heterocycles. The lowest BCUT2D eigenvalue weighted by molar-refractivity contribution is 0.0688. The second-order valence-corrected chi connectivity index (χ2v) is 6.44. The van der Waals surface area contributed by atoms with E-state index in [2.05, 4.69) is 21.0 Å². The summed E-state index contributed by atoms with van der Waals surface area (Å²) in [6.45, 7) is 0. The quantitative estimate of drug-likeness (QED) is 0.805. The van der Waals surface area contributed by atoms with Gasteiger partial charge in [0.1, 0.15) is 0 Å². The van der Waals surface area contributed by atoms with Crippen LogP contribution in [-0.2, 0) is 12.8 Å². The van der Waals surface area contributed by atoms with Crippen LogP contribution in [0.1, 0.15) is 41.0 Å². The van der Waals surface area contributed by atoms with Crippen molar-refractivity contribution in [2.24, 2.45) is 0 Å². The molecule has 0 saturated heterocycles. The Morgan fingerprint density at radius 3 is 2.76 bits per heavy atom. The number of carboxylic acid groups (broad SMARTS) is 1. The fraction of sp³-hybridized carbons (Fsp3) is 0.333. The molecule has 0 amide bonds. The van der Waals surface area contributed by atoms with Gasteiger partial charge < -0.3 is 5.11 Å². The Kier molecular flexibility index (Phi) is 4.04. The van der Waals surface area contributed by atoms with Crippen LogP contribution in [0.3, 0.4) is 0 Å². The summed E-state index contributed by atoms with van der Waals surface area (Å²) in [6.07, 6.45) is 4.83. The zero-order valence-corrected chi connectivity index (χ0v) is 13.6. The predicted octanol–water partition coefficient (Wildman–Crippen LogP) is 4.26. The summed E-state index contributed by atoms with van der Waals surface area (Å²) in [7, 11) is 0. The first-order valence-corrected chi connectivity index (χ1v) is 8.04. The first-order valence-electron chi connectivity index (χ1n) is 6.87. The molecule has 1 heterocycles. The molecule has 1 aromatic carbocycles. The maximum absolute atomic E-state index is 11.5. The molecule has 1 aliphatic carbocycles. The van der Waals surface area contributed by atoms with Crippen LogP contribution in [0, 0.1) is 0 Å². The molecule has 1 aliphatic rings. The van der Waals surface area contributed by atoms with Crippen LogP contribution in [0.15, 0.2) is 22.7 Å². The van der Waals surface area contributed by atoms with Crippen LogP contribution in [-0.4, -0.2) is 20.9 Å². The van der Waals surface area contributed by atoms with Gasteiger partial charge in [0.2, 0.25) is 0 Å². The third-order valence-corrected chi connectivity index (χ3v) is 4.64. The van der Waals surface area contributed by atoms with Crippen LogP contribution in [0.5, 0.6) is 0 Å². The van der Waals surface area contributed by atoms with Gasteiger partial charge in [0.25, 0.3) is 0 Å². The highest BCUT2D eigenvalue weighted by Crippen LogP contribution is 2.30. The molecular formula is C15H14BrClN2O2. The Morgan fingerprint density at radius 2 is 2.05 bits per heavy atom. The van der Waals surface area contributed by atoms with Crippen LogP contribution in [0.2, 0.25) is 5.02 Å². The number of aromatic carboxylic acids is 1. The van der Waals surface area contributed by atoms with E-state index >= 15 is 0 Å². The minimum atomic E-state index is -0.961. The van der Waals surface area contributed by atoms with Crippen molar-refractivity contribution in [3.8, 4) is 5.69 Å². The molecule has 0 bridgehead atoms. The zero-order chi connectivity index (χ0) is 15.0. The van der Waals surface area contributed by atoms with Crippen molar-refractivity contribution in [3.05, 3.63) is 44.6 Å². The standard InChI is InChI=1S/C15H14BrClN2O2/c16-11-8-9(17)6-7-13(11)19-12-5-3-1-2-4-10(12)14(18-19)15(20)21/h6-8H,1-5H2,(H,20,21). The van der Waals surface area contributed by atoms with E-state index in [0.29, 0.717) is 5.02 Å². The van der Waals surface area contributed by atoms with E-state index in [4.69, 9.17) is 11.6 Å². The van der Waals surface area contributed by atoms with Gasteiger partial charge in [0.05, 0.1) is 5.69 Å². The molecule has 21 heavy (non-hydrogen) atoms. The van der Waals surface area contributed by atoms with Gasteiger partial charge in [0.15, 0.2) is 5.69 Å². The van der Waals surface area contributed by atoms with Crippen molar-refractivity contribution < 1.29 is 9.90 Å². The van der Waals surface area contributed by atoms with Gasteiger partial charge in [0, 0.05) is 20.8 Å². The third kappa shape index (κ3) is 2.72. The number of fused-ring (bicyclic) bond motifs is 1. The minimum absolute atomic E-state index is 0.175. The van der Waals surface area contributed by atoms with Crippen LogP contribution in [0.25, 0.3) is 5.69 Å². The number of aromatic nitrogens is 2. The largest absolute Gasteiger partial charge is 0.476 e. The zero-order valence-electron chi connectivity index (χ0n) is 11.3. The SMILES string of the molecule is O=C(O)c1nn(-c2ccc(Cl)cc2Br)c2c1CCCCC2. The number of carbonyl (C=O) groups is 1. The number of halogens is 2. The second-order valence-electron chi connectivity index (χ2n) is 5.15. The van der Waals surface area contributed by atoms with Crippen molar-refractivity contribution >= 4 is 33.5 Å². The smallest absolute Gasteiger partial charge is 0.356 e. The highest BCUT2D eigenvalue weighted by atomic mass is 79.9. The molecular weight excluding hydrogens is 356 g/mol. The lowest BCUT2D eigenvalue weighted by Gasteiger charge is -2.09. The minimum Gasteiger partial charge on any atom is -0.476 e. The molecule has 1 aromatic heterocycles. The Morgan fingerprint density at radius 1 is 1.29 bits per heavy atom. The van der Waals surface area contributed by atoms with Crippen molar-refractivity contribution in [1.29, 1.82) is 0 Å². The average molecular weight is 370 g/mol. The van der Waals surface area contributed by atoms with Crippen LogP contribution >= 0.6 is 27.5 Å². The van der Waals surface area contributed by atoms with E-state index in [1.165, 1.54) is 0 Å². The van der Waals surface area contributed by atoms with Gasteiger partial charge in [-0.2, -0.15) is 5.10 Å². The van der Waals surface area contributed by atoms with E-state index in [9.17, 15) is 9.90 Å². The van der Waals surface area contributed by atoms with E-state index < -0.39 is 5.97 Å². The molecule has 3 rings (SSSR count). The third-order valence-electron chi connectivity index (χ3n) is 3.77. The normalized spacial score (nSPS) is 14.6. The lowest BCUT2D eigenvalue weighted by atomic mass is 10.1. The number of rotatable bonds is 2. The Bertz CT molecular complexity index is 712. The number of hydrogen-bond acceptors (Lipinski definition) is 2. The topological polar surface area (TPSA) is 55.1 Å². The molecule has 0 spiro atoms. The molecule has 0 fully saturated rings. The second kappa shape index (κ2) is 5.81. The Balaban J connectivity index is 2.20. The molecule has 1 N–H and O–H groups in total. The fourth-order valence-corrected chi connectivity index (χ4v) is 3.65. The van der Waals surface area contributed by atoms with Crippen molar-refractivity contribution in [3.63, 3.8) is 0 Å². The maximum atomic E-state index is 11.5. The van der Waals surface area contributed by atoms with E-state index in [1.807, 2.05) is 6.07 Å². The van der Waals surface area contributed by atoms with E-state index in [1.54, 1.807) is 16.8 Å². The molecule has 0 atom stereocenters. The summed E-state index contributed by atoms with van der Waals surface area (Å²) in [5.74, 6) is -0.961. The average Bonchev–Trinajstić information content (AvgIpc) is 2.63. The summed E-state index contributed by atoms with van der Waals surface area (Å²) in [4.78, 5) is 11.5. The summed E-state index contributed by atoms with van der Waals surface area (Å²) in [6, 6.07) is 5.44. The molecule has 2 aromatic rings. The number of hydrogen-bond donors (Lipinski definition) is 1. The number of benzene rings is 1. The number of nitrogens with zero attached hydrogens (tertiary/aromatic N) is 2. The summed E-state index contributed by atoms with van der Waals surface area (Å²) in [5.41, 5.74) is 2.88. The fourth-order valence-electron chi connectivity index (χ4n) is 2.80. The van der Waals surface area contributed by atoms with Gasteiger partial charge >= 0.3 is 5.97 Å². The van der Waals surface area contributed by atoms with Gasteiger partial charge in [-0.3, -0.25) is 0 Å². The molecule has 6 heteroatoms. The first-order chi connectivity index (χ1) is 10.1. The molecule has 110 valence electrons. The molecule has 0 unspecified atom stereocenters. The van der Waals surface area contributed by atoms with Gasteiger partial charge in [-0.15, -0.1) is 0 Å². The van der Waals surface area contributed by atoms with Crippen molar-refractivity contribution in [2.45, 2.75) is 32.1 Å². The van der Waals surface area contributed by atoms with Gasteiger partial charge in [-0.25, -0.2) is 9.48 Å². The predicted molar refractivity (Wildman–Crippen MR) is 84.5 cm³/mol. The van der Waals surface area contributed by atoms with Crippen LogP contribution < -0.4 is 0 Å². The molecule has 4 nitrogen and oxygen atoms in total. The first kappa shape index (κ1) is 14.6. The van der Waals surface area contributed by atoms with Gasteiger partial charge in [-0.05, 0) is 59.8 Å².